The molecule has 0 unspecified atom stereocenters. The van der Waals surface area contributed by atoms with Crippen LogP contribution in [0.1, 0.15) is 0 Å². The van der Waals surface area contributed by atoms with Gasteiger partial charge in [0.1, 0.15) is 21.1 Å². The van der Waals surface area contributed by atoms with E-state index >= 15 is 0 Å². The highest BCUT2D eigenvalue weighted by molar-refractivity contribution is 7.89. The molecule has 1 heterocycles. The molecule has 0 saturated carbocycles. The van der Waals surface area contributed by atoms with Crippen molar-refractivity contribution in [1.82, 2.24) is 4.98 Å². The zero-order valence-corrected chi connectivity index (χ0v) is 13.2. The third-order valence-electron chi connectivity index (χ3n) is 3.14. The van der Waals surface area contributed by atoms with E-state index in [0.29, 0.717) is 0 Å². The molecule has 0 spiro atoms. The van der Waals surface area contributed by atoms with Crippen LogP contribution < -0.4 is 0 Å². The lowest BCUT2D eigenvalue weighted by Crippen LogP contribution is -2.08. The van der Waals surface area contributed by atoms with Gasteiger partial charge in [0.05, 0.1) is 5.56 Å². The number of rotatable bonds is 3. The van der Waals surface area contributed by atoms with E-state index in [1.807, 2.05) is 0 Å². The summed E-state index contributed by atoms with van der Waals surface area (Å²) in [5.41, 5.74) is -0.0583. The Morgan fingerprint density at radius 2 is 1.50 bits per heavy atom. The average molecular weight is 371 g/mol. The topological polar surface area (TPSA) is 155 Å². The molecule has 0 aliphatic heterocycles. The van der Waals surface area contributed by atoms with Crippen LogP contribution in [0.4, 0.5) is 0 Å². The van der Waals surface area contributed by atoms with E-state index < -0.39 is 30.0 Å². The van der Waals surface area contributed by atoms with Crippen LogP contribution in [-0.4, -0.2) is 36.0 Å². The molecule has 0 fully saturated rings. The number of aromatic hydroxyl groups is 1. The lowest BCUT2D eigenvalue weighted by Gasteiger charge is -2.03. The molecular weight excluding hydrogens is 362 g/mol. The zero-order valence-electron chi connectivity index (χ0n) is 11.6. The van der Waals surface area contributed by atoms with Crippen LogP contribution in [0.3, 0.4) is 0 Å². The van der Waals surface area contributed by atoms with Crippen molar-refractivity contribution in [3.8, 4) is 17.2 Å². The van der Waals surface area contributed by atoms with Crippen LogP contribution in [0.25, 0.3) is 22.6 Å². The second-order valence-corrected chi connectivity index (χ2v) is 7.53. The lowest BCUT2D eigenvalue weighted by molar-refractivity contribution is 0.466. The van der Waals surface area contributed by atoms with Crippen molar-refractivity contribution in [2.75, 3.05) is 0 Å². The first kappa shape index (κ1) is 16.4. The Morgan fingerprint density at radius 3 is 2.08 bits per heavy atom. The Labute approximate surface area is 135 Å². The normalized spacial score (nSPS) is 12.6. The van der Waals surface area contributed by atoms with Crippen LogP contribution in [0.15, 0.2) is 50.6 Å². The van der Waals surface area contributed by atoms with E-state index in [0.717, 1.165) is 12.1 Å². The maximum absolute atomic E-state index is 11.4. The summed E-state index contributed by atoms with van der Waals surface area (Å²) in [6.45, 7) is 0. The summed E-state index contributed by atoms with van der Waals surface area (Å²) in [6.07, 6.45) is 0. The number of hydrogen-bond acceptors (Lipinski definition) is 7. The minimum atomic E-state index is -4.95. The fourth-order valence-corrected chi connectivity index (χ4v) is 3.88. The molecule has 0 radical (unpaired) electrons. The van der Waals surface area contributed by atoms with Gasteiger partial charge in [0.2, 0.25) is 5.89 Å². The van der Waals surface area contributed by atoms with Gasteiger partial charge in [0.15, 0.2) is 5.58 Å². The highest BCUT2D eigenvalue weighted by atomic mass is 32.2. The Hall–Kier alpha value is -2.47. The van der Waals surface area contributed by atoms with Gasteiger partial charge in [-0.15, -0.1) is 0 Å². The van der Waals surface area contributed by atoms with Gasteiger partial charge >= 0.3 is 0 Å². The maximum Gasteiger partial charge on any atom is 0.296 e. The third-order valence-corrected chi connectivity index (χ3v) is 5.06. The number of oxazole rings is 1. The average Bonchev–Trinajstić information content (AvgIpc) is 2.87. The Morgan fingerprint density at radius 1 is 0.917 bits per heavy atom. The van der Waals surface area contributed by atoms with Gasteiger partial charge in [-0.1, -0.05) is 12.1 Å². The minimum absolute atomic E-state index is 0.0896. The molecule has 2 aromatic carbocycles. The number of para-hydroxylation sites is 1. The largest absolute Gasteiger partial charge is 0.507 e. The molecule has 0 saturated heterocycles. The van der Waals surface area contributed by atoms with Crippen LogP contribution in [0.5, 0.6) is 5.75 Å². The quantitative estimate of drug-likeness (QED) is 0.583. The van der Waals surface area contributed by atoms with E-state index in [2.05, 4.69) is 4.98 Å². The molecule has 0 amide bonds. The summed E-state index contributed by atoms with van der Waals surface area (Å²) in [6, 6.07) is 7.49. The number of hydrogen-bond donors (Lipinski definition) is 3. The molecule has 0 atom stereocenters. The van der Waals surface area contributed by atoms with Crippen molar-refractivity contribution < 1.29 is 35.5 Å². The summed E-state index contributed by atoms with van der Waals surface area (Å²) >= 11 is 0. The maximum atomic E-state index is 11.4. The van der Waals surface area contributed by atoms with E-state index in [-0.39, 0.29) is 28.3 Å². The molecular formula is C13H9NO8S2. The van der Waals surface area contributed by atoms with Crippen LogP contribution in [-0.2, 0) is 20.2 Å². The lowest BCUT2D eigenvalue weighted by atomic mass is 10.2. The Bertz CT molecular complexity index is 1090. The minimum Gasteiger partial charge on any atom is -0.507 e. The Kier molecular flexibility index (Phi) is 3.60. The van der Waals surface area contributed by atoms with Crippen molar-refractivity contribution in [1.29, 1.82) is 0 Å². The molecule has 0 aliphatic rings. The van der Waals surface area contributed by atoms with Crippen LogP contribution >= 0.6 is 0 Å². The van der Waals surface area contributed by atoms with Crippen molar-refractivity contribution >= 4 is 31.3 Å². The number of nitrogens with zero attached hydrogens (tertiary/aromatic N) is 1. The highest BCUT2D eigenvalue weighted by Crippen LogP contribution is 2.33. The first-order chi connectivity index (χ1) is 11.1. The smallest absolute Gasteiger partial charge is 0.296 e. The first-order valence-electron chi connectivity index (χ1n) is 6.25. The van der Waals surface area contributed by atoms with E-state index in [1.54, 1.807) is 12.1 Å². The molecule has 126 valence electrons. The standard InChI is InChI=1S/C13H9NO8S2/c15-9-4-2-1-3-7(9)13-14-8-5-11(23(16,17)18)12(24(19,20)21)6-10(8)22-13/h1-6,15H,(H,16,17,18)(H,19,20,21). The predicted molar refractivity (Wildman–Crippen MR) is 80.7 cm³/mol. The fourth-order valence-electron chi connectivity index (χ4n) is 2.11. The zero-order chi connectivity index (χ0) is 17.7. The summed E-state index contributed by atoms with van der Waals surface area (Å²) in [5, 5.41) is 9.79. The molecule has 9 nitrogen and oxygen atoms in total. The van der Waals surface area contributed by atoms with Gasteiger partial charge in [-0.3, -0.25) is 9.11 Å². The van der Waals surface area contributed by atoms with E-state index in [4.69, 9.17) is 13.5 Å². The molecule has 1 aromatic heterocycles. The number of phenolic OH excluding ortho intramolecular Hbond substituents is 1. The molecule has 11 heteroatoms. The summed E-state index contributed by atoms with van der Waals surface area (Å²) < 4.78 is 69.0. The second kappa shape index (κ2) is 5.27. The predicted octanol–water partition coefficient (Wildman–Crippen LogP) is 1.69. The number of phenols is 1. The Balaban J connectivity index is 2.34. The monoisotopic (exact) mass is 371 g/mol. The molecule has 0 aliphatic carbocycles. The van der Waals surface area contributed by atoms with Crippen molar-refractivity contribution in [3.05, 3.63) is 36.4 Å². The summed E-state index contributed by atoms with van der Waals surface area (Å²) in [7, 11) is -9.89. The van der Waals surface area contributed by atoms with Gasteiger partial charge in [-0.05, 0) is 18.2 Å². The third kappa shape index (κ3) is 2.85. The van der Waals surface area contributed by atoms with Crippen LogP contribution in [0, 0.1) is 0 Å². The van der Waals surface area contributed by atoms with Gasteiger partial charge < -0.3 is 9.52 Å². The highest BCUT2D eigenvalue weighted by Gasteiger charge is 2.26. The molecule has 3 rings (SSSR count). The first-order valence-corrected chi connectivity index (χ1v) is 9.13. The summed E-state index contributed by atoms with van der Waals surface area (Å²) in [4.78, 5) is 1.89. The molecule has 0 bridgehead atoms. The van der Waals surface area contributed by atoms with Crippen molar-refractivity contribution in [2.24, 2.45) is 0 Å². The molecule has 3 aromatic rings. The van der Waals surface area contributed by atoms with E-state index in [1.165, 1.54) is 12.1 Å². The number of benzene rings is 2. The van der Waals surface area contributed by atoms with Gasteiger partial charge in [-0.25, -0.2) is 4.98 Å². The fraction of sp³-hybridized carbons (Fsp3) is 0. The van der Waals surface area contributed by atoms with Crippen LogP contribution in [0.2, 0.25) is 0 Å². The second-order valence-electron chi connectivity index (χ2n) is 4.75. The SMILES string of the molecule is O=S(=O)(O)c1cc2nc(-c3ccccc3O)oc2cc1S(=O)(=O)O. The van der Waals surface area contributed by atoms with Gasteiger partial charge in [0.25, 0.3) is 20.2 Å². The van der Waals surface area contributed by atoms with Gasteiger partial charge in [0, 0.05) is 6.07 Å². The number of fused-ring (bicyclic) bond motifs is 1. The molecule has 24 heavy (non-hydrogen) atoms. The van der Waals surface area contributed by atoms with Crippen molar-refractivity contribution in [3.63, 3.8) is 0 Å². The van der Waals surface area contributed by atoms with Gasteiger partial charge in [-0.2, -0.15) is 16.8 Å². The number of aromatic nitrogens is 1. The van der Waals surface area contributed by atoms with Crippen molar-refractivity contribution in [2.45, 2.75) is 9.79 Å². The summed E-state index contributed by atoms with van der Waals surface area (Å²) in [5.74, 6) is -0.258. The van der Waals surface area contributed by atoms with E-state index in [9.17, 15) is 21.9 Å². The molecule has 3 N–H and O–H groups in total.